The van der Waals surface area contributed by atoms with Gasteiger partial charge in [-0.25, -0.2) is 0 Å². The molecule has 0 aromatic heterocycles. The lowest BCUT2D eigenvalue weighted by Crippen LogP contribution is -2.46. The van der Waals surface area contributed by atoms with Crippen molar-refractivity contribution in [2.75, 3.05) is 19.6 Å². The van der Waals surface area contributed by atoms with E-state index < -0.39 is 0 Å². The molecule has 0 saturated heterocycles. The van der Waals surface area contributed by atoms with E-state index in [1.54, 1.807) is 0 Å². The molecule has 19 heavy (non-hydrogen) atoms. The molecular weight excluding hydrogens is 232 g/mol. The fourth-order valence-electron chi connectivity index (χ4n) is 3.49. The van der Waals surface area contributed by atoms with E-state index >= 15 is 0 Å². The lowest BCUT2D eigenvalue weighted by molar-refractivity contribution is 0.145. The van der Waals surface area contributed by atoms with Crippen molar-refractivity contribution in [3.8, 4) is 0 Å². The first kappa shape index (κ1) is 14.5. The predicted molar refractivity (Wildman–Crippen MR) is 82.3 cm³/mol. The smallest absolute Gasteiger partial charge is 0.0246 e. The van der Waals surface area contributed by atoms with Gasteiger partial charge >= 0.3 is 0 Å². The van der Waals surface area contributed by atoms with Gasteiger partial charge in [0.05, 0.1) is 0 Å². The summed E-state index contributed by atoms with van der Waals surface area (Å²) < 4.78 is 0. The summed E-state index contributed by atoms with van der Waals surface area (Å²) in [5.41, 5.74) is 9.14. The fraction of sp³-hybridized carbons (Fsp3) is 0.647. The van der Waals surface area contributed by atoms with E-state index in [9.17, 15) is 0 Å². The van der Waals surface area contributed by atoms with Crippen LogP contribution < -0.4 is 5.73 Å². The monoisotopic (exact) mass is 260 g/mol. The van der Waals surface area contributed by atoms with Gasteiger partial charge < -0.3 is 5.73 Å². The van der Waals surface area contributed by atoms with Crippen molar-refractivity contribution in [3.63, 3.8) is 0 Å². The minimum atomic E-state index is 0.560. The average molecular weight is 260 g/mol. The van der Waals surface area contributed by atoms with E-state index in [2.05, 4.69) is 43.0 Å². The van der Waals surface area contributed by atoms with Gasteiger partial charge in [-0.1, -0.05) is 51.0 Å². The Hall–Kier alpha value is -0.860. The van der Waals surface area contributed by atoms with Crippen molar-refractivity contribution in [2.45, 2.75) is 45.6 Å². The molecule has 0 fully saturated rings. The molecule has 0 amide bonds. The quantitative estimate of drug-likeness (QED) is 0.882. The molecular formula is C17H28N2. The van der Waals surface area contributed by atoms with Crippen LogP contribution in [0.25, 0.3) is 0 Å². The molecule has 2 rings (SSSR count). The van der Waals surface area contributed by atoms with Crippen molar-refractivity contribution >= 4 is 0 Å². The molecule has 0 radical (unpaired) electrons. The number of fused-ring (bicyclic) bond motifs is 1. The Morgan fingerprint density at radius 1 is 1.05 bits per heavy atom. The summed E-state index contributed by atoms with van der Waals surface area (Å²) in [5.74, 6) is 0.742. The van der Waals surface area contributed by atoms with E-state index in [-0.39, 0.29) is 0 Å². The zero-order valence-electron chi connectivity index (χ0n) is 12.4. The highest BCUT2D eigenvalue weighted by molar-refractivity contribution is 5.28. The van der Waals surface area contributed by atoms with Gasteiger partial charge in [0, 0.05) is 25.7 Å². The molecule has 106 valence electrons. The van der Waals surface area contributed by atoms with E-state index in [0.717, 1.165) is 25.6 Å². The Kier molecular flexibility index (Phi) is 5.41. The first-order chi connectivity index (χ1) is 9.30. The molecule has 1 aliphatic heterocycles. The summed E-state index contributed by atoms with van der Waals surface area (Å²) in [5, 5.41) is 0. The summed E-state index contributed by atoms with van der Waals surface area (Å²) in [6, 6.07) is 9.45. The third-order valence-electron chi connectivity index (χ3n) is 4.76. The zero-order chi connectivity index (χ0) is 13.7. The first-order valence-corrected chi connectivity index (χ1v) is 7.81. The summed E-state index contributed by atoms with van der Waals surface area (Å²) in [4.78, 5) is 2.64. The SMILES string of the molecule is CCC(CC)C(CN)N1CCc2ccccc2CC1. The van der Waals surface area contributed by atoms with Gasteiger partial charge in [0.2, 0.25) is 0 Å². The van der Waals surface area contributed by atoms with Crippen LogP contribution in [0.4, 0.5) is 0 Å². The third-order valence-corrected chi connectivity index (χ3v) is 4.76. The van der Waals surface area contributed by atoms with Crippen molar-refractivity contribution in [1.29, 1.82) is 0 Å². The molecule has 2 heteroatoms. The van der Waals surface area contributed by atoms with E-state index in [4.69, 9.17) is 5.73 Å². The second kappa shape index (κ2) is 7.06. The Bertz CT molecular complexity index is 358. The molecule has 0 saturated carbocycles. The van der Waals surface area contributed by atoms with Crippen LogP contribution in [0, 0.1) is 5.92 Å². The molecule has 1 aliphatic rings. The number of rotatable bonds is 5. The summed E-state index contributed by atoms with van der Waals surface area (Å²) in [7, 11) is 0. The minimum Gasteiger partial charge on any atom is -0.329 e. The average Bonchev–Trinajstić information content (AvgIpc) is 2.67. The molecule has 1 unspecified atom stereocenters. The van der Waals surface area contributed by atoms with Crippen LogP contribution >= 0.6 is 0 Å². The second-order valence-electron chi connectivity index (χ2n) is 5.68. The van der Waals surface area contributed by atoms with Crippen molar-refractivity contribution in [2.24, 2.45) is 11.7 Å². The first-order valence-electron chi connectivity index (χ1n) is 7.81. The maximum absolute atomic E-state index is 6.07. The van der Waals surface area contributed by atoms with E-state index in [1.165, 1.54) is 36.8 Å². The highest BCUT2D eigenvalue weighted by Crippen LogP contribution is 2.22. The lowest BCUT2D eigenvalue weighted by atomic mass is 9.92. The highest BCUT2D eigenvalue weighted by Gasteiger charge is 2.25. The van der Waals surface area contributed by atoms with Gasteiger partial charge in [-0.2, -0.15) is 0 Å². The van der Waals surface area contributed by atoms with Crippen LogP contribution in [-0.4, -0.2) is 30.6 Å². The molecule has 0 spiro atoms. The van der Waals surface area contributed by atoms with Gasteiger partial charge in [-0.15, -0.1) is 0 Å². The Morgan fingerprint density at radius 2 is 1.58 bits per heavy atom. The van der Waals surface area contributed by atoms with Crippen LogP contribution in [0.1, 0.15) is 37.8 Å². The van der Waals surface area contributed by atoms with Crippen molar-refractivity contribution < 1.29 is 0 Å². The molecule has 1 aromatic carbocycles. The predicted octanol–water partition coefficient (Wildman–Crippen LogP) is 2.85. The van der Waals surface area contributed by atoms with Crippen LogP contribution in [0.15, 0.2) is 24.3 Å². The second-order valence-corrected chi connectivity index (χ2v) is 5.68. The molecule has 2 nitrogen and oxygen atoms in total. The Morgan fingerprint density at radius 3 is 2.00 bits per heavy atom. The summed E-state index contributed by atoms with van der Waals surface area (Å²) in [6.07, 6.45) is 4.82. The third kappa shape index (κ3) is 3.37. The molecule has 1 aromatic rings. The molecule has 2 N–H and O–H groups in total. The minimum absolute atomic E-state index is 0.560. The number of benzene rings is 1. The van der Waals surface area contributed by atoms with Crippen LogP contribution in [0.5, 0.6) is 0 Å². The lowest BCUT2D eigenvalue weighted by Gasteiger charge is -2.35. The summed E-state index contributed by atoms with van der Waals surface area (Å²) >= 11 is 0. The normalized spacial score (nSPS) is 18.1. The standard InChI is InChI=1S/C17H28N2/c1-3-14(4-2)17(13-18)19-11-9-15-7-5-6-8-16(15)10-12-19/h5-8,14,17H,3-4,9-13,18H2,1-2H3. The van der Waals surface area contributed by atoms with Gasteiger partial charge in [-0.3, -0.25) is 4.90 Å². The fourth-order valence-corrected chi connectivity index (χ4v) is 3.49. The molecule has 0 bridgehead atoms. The number of hydrogen-bond donors (Lipinski definition) is 1. The maximum Gasteiger partial charge on any atom is 0.0246 e. The topological polar surface area (TPSA) is 29.3 Å². The van der Waals surface area contributed by atoms with E-state index in [1.807, 2.05) is 0 Å². The maximum atomic E-state index is 6.07. The molecule has 1 heterocycles. The molecule has 1 atom stereocenters. The van der Waals surface area contributed by atoms with Gasteiger partial charge in [0.1, 0.15) is 0 Å². The Balaban J connectivity index is 2.07. The number of nitrogens with zero attached hydrogens (tertiary/aromatic N) is 1. The van der Waals surface area contributed by atoms with E-state index in [0.29, 0.717) is 6.04 Å². The largest absolute Gasteiger partial charge is 0.329 e. The van der Waals surface area contributed by atoms with Crippen LogP contribution in [-0.2, 0) is 12.8 Å². The molecule has 0 aliphatic carbocycles. The zero-order valence-corrected chi connectivity index (χ0v) is 12.4. The van der Waals surface area contributed by atoms with Gasteiger partial charge in [0.15, 0.2) is 0 Å². The van der Waals surface area contributed by atoms with Crippen LogP contribution in [0.3, 0.4) is 0 Å². The van der Waals surface area contributed by atoms with Gasteiger partial charge in [-0.05, 0) is 29.9 Å². The number of hydrogen-bond acceptors (Lipinski definition) is 2. The van der Waals surface area contributed by atoms with Gasteiger partial charge in [0.25, 0.3) is 0 Å². The Labute approximate surface area is 118 Å². The van der Waals surface area contributed by atoms with Crippen molar-refractivity contribution in [1.82, 2.24) is 4.90 Å². The van der Waals surface area contributed by atoms with Crippen LogP contribution in [0.2, 0.25) is 0 Å². The highest BCUT2D eigenvalue weighted by atomic mass is 15.2. The summed E-state index contributed by atoms with van der Waals surface area (Å²) in [6.45, 7) is 7.71. The number of nitrogens with two attached hydrogens (primary N) is 1. The van der Waals surface area contributed by atoms with Crippen molar-refractivity contribution in [3.05, 3.63) is 35.4 Å².